The van der Waals surface area contributed by atoms with Crippen molar-refractivity contribution in [2.24, 2.45) is 0 Å². The molecule has 14 nitrogen and oxygen atoms in total. The van der Waals surface area contributed by atoms with E-state index in [4.69, 9.17) is 37.4 Å². The molecule has 32 heavy (non-hydrogen) atoms. The average molecular weight is 553 g/mol. The normalized spacial score (nSPS) is 28.2. The van der Waals surface area contributed by atoms with Crippen molar-refractivity contribution in [3.05, 3.63) is 17.0 Å². The summed E-state index contributed by atoms with van der Waals surface area (Å²) in [5, 5.41) is 0. The predicted molar refractivity (Wildman–Crippen MR) is 95.7 cm³/mol. The fourth-order valence-corrected chi connectivity index (χ4v) is 5.81. The molecule has 0 aromatic carbocycles. The van der Waals surface area contributed by atoms with E-state index in [1.165, 1.54) is 0 Å². The molecule has 22 heteroatoms. The van der Waals surface area contributed by atoms with Gasteiger partial charge >= 0.3 is 29.6 Å². The summed E-state index contributed by atoms with van der Waals surface area (Å²) >= 11 is 4.75. The van der Waals surface area contributed by atoms with Crippen LogP contribution in [0.3, 0.4) is 0 Å². The molecule has 0 amide bonds. The van der Waals surface area contributed by atoms with Crippen molar-refractivity contribution >= 4 is 41.5 Å². The molecular weight excluding hydrogens is 539 g/mol. The van der Waals surface area contributed by atoms with Crippen LogP contribution in [0.2, 0.25) is 0 Å². The van der Waals surface area contributed by atoms with E-state index >= 15 is 0 Å². The number of anilines is 1. The zero-order valence-corrected chi connectivity index (χ0v) is 18.6. The maximum Gasteiger partial charge on any atom is 0.490 e. The molecule has 0 saturated carbocycles. The number of hydrogen-bond acceptors (Lipinski definition) is 10. The number of hydrogen-bond donors (Lipinski definition) is 5. The Morgan fingerprint density at radius 3 is 2.34 bits per heavy atom. The topological polar surface area (TPSA) is 213 Å². The summed E-state index contributed by atoms with van der Waals surface area (Å²) in [5.74, 6) is -0.176. The van der Waals surface area contributed by atoms with Crippen LogP contribution in [0.5, 0.6) is 0 Å². The van der Waals surface area contributed by atoms with E-state index in [1.807, 2.05) is 0 Å². The van der Waals surface area contributed by atoms with Gasteiger partial charge in [-0.15, -0.1) is 0 Å². The van der Waals surface area contributed by atoms with Gasteiger partial charge in [0.1, 0.15) is 5.82 Å². The molecule has 0 radical (unpaired) electrons. The van der Waals surface area contributed by atoms with E-state index in [9.17, 15) is 36.2 Å². The van der Waals surface area contributed by atoms with E-state index in [0.717, 1.165) is 12.3 Å². The number of aromatic nitrogens is 2. The number of nitrogens with two attached hydrogens (primary N) is 1. The summed E-state index contributed by atoms with van der Waals surface area (Å²) < 4.78 is 105. The minimum absolute atomic E-state index is 0.176. The van der Waals surface area contributed by atoms with Gasteiger partial charge in [-0.05, 0) is 18.3 Å². The van der Waals surface area contributed by atoms with Crippen molar-refractivity contribution in [3.8, 4) is 0 Å². The number of phosphoric ester groups is 1. The molecule has 6 N–H and O–H groups in total. The largest absolute Gasteiger partial charge is 0.490 e. The summed E-state index contributed by atoms with van der Waals surface area (Å²) in [6, 6.07) is 1.01. The van der Waals surface area contributed by atoms with Gasteiger partial charge in [0.25, 0.3) is 5.67 Å². The number of ether oxygens (including phenoxy) is 1. The smallest absolute Gasteiger partial charge is 0.384 e. The molecule has 1 saturated heterocycles. The molecule has 0 aliphatic carbocycles. The van der Waals surface area contributed by atoms with Crippen LogP contribution in [0.1, 0.15) is 12.6 Å². The lowest BCUT2D eigenvalue weighted by Gasteiger charge is -2.29. The van der Waals surface area contributed by atoms with Crippen LogP contribution >= 0.6 is 35.7 Å². The molecule has 0 bridgehead atoms. The van der Waals surface area contributed by atoms with Gasteiger partial charge in [0.15, 0.2) is 6.23 Å². The Balaban J connectivity index is 2.20. The standard InChI is InChI=1S/C10H14F4N3O11P3S/c11-9(10(12,13)14)3-5(26-7(9)17-2-1-6(15)16-8(17)32)4-25-30(21,22)28-31(23,24)27-29(18,19)20/h1-2,5,7H,3-4H2,(H,21,22)(H,23,24)(H2,15,16,32)(H2,18,19,20)/t5-,7+,9+/m0/s1. The van der Waals surface area contributed by atoms with Crippen molar-refractivity contribution in [1.29, 1.82) is 0 Å². The SMILES string of the molecule is Nc1ccn([C@@H]2O[C@H](COP(=O)(O)OP(=O)(O)OP(=O)(O)O)C[C@]2(F)C(F)(F)F)c(=S)n1. The number of nitrogen functional groups attached to an aromatic ring is 1. The molecule has 1 aromatic rings. The van der Waals surface area contributed by atoms with Gasteiger partial charge in [-0.25, -0.2) is 23.1 Å². The molecule has 2 rings (SSSR count). The molecule has 2 unspecified atom stereocenters. The van der Waals surface area contributed by atoms with Crippen molar-refractivity contribution in [2.45, 2.75) is 30.6 Å². The monoisotopic (exact) mass is 553 g/mol. The molecule has 5 atom stereocenters. The minimum atomic E-state index is -5.85. The molecule has 1 fully saturated rings. The van der Waals surface area contributed by atoms with E-state index < -0.39 is 65.4 Å². The van der Waals surface area contributed by atoms with Crippen LogP contribution in [-0.4, -0.2) is 53.7 Å². The minimum Gasteiger partial charge on any atom is -0.384 e. The Kier molecular flexibility index (Phi) is 7.80. The average Bonchev–Trinajstić information content (AvgIpc) is 2.87. The second kappa shape index (κ2) is 9.09. The highest BCUT2D eigenvalue weighted by molar-refractivity contribution is 7.71. The molecule has 1 aliphatic rings. The van der Waals surface area contributed by atoms with E-state index in [-0.39, 0.29) is 5.82 Å². The lowest BCUT2D eigenvalue weighted by atomic mass is 9.99. The molecular formula is C10H14F4N3O11P3S. The van der Waals surface area contributed by atoms with Gasteiger partial charge < -0.3 is 30.0 Å². The lowest BCUT2D eigenvalue weighted by molar-refractivity contribution is -0.256. The highest BCUT2D eigenvalue weighted by Crippen LogP contribution is 2.66. The summed E-state index contributed by atoms with van der Waals surface area (Å²) in [6.07, 6.45) is -10.4. The third kappa shape index (κ3) is 6.85. The highest BCUT2D eigenvalue weighted by Gasteiger charge is 2.67. The Hall–Kier alpha value is -0.810. The van der Waals surface area contributed by atoms with Crippen molar-refractivity contribution in [3.63, 3.8) is 0 Å². The molecule has 184 valence electrons. The summed E-state index contributed by atoms with van der Waals surface area (Å²) in [4.78, 5) is 38.8. The fraction of sp³-hybridized carbons (Fsp3) is 0.600. The highest BCUT2D eigenvalue weighted by atomic mass is 32.1. The van der Waals surface area contributed by atoms with Crippen molar-refractivity contribution < 1.29 is 68.7 Å². The fourth-order valence-electron chi connectivity index (χ4n) is 2.50. The van der Waals surface area contributed by atoms with Gasteiger partial charge in [0.05, 0.1) is 12.7 Å². The number of nitrogens with zero attached hydrogens (tertiary/aromatic N) is 2. The summed E-state index contributed by atoms with van der Waals surface area (Å²) in [7, 11) is -17.2. The number of phosphoric acid groups is 3. The second-order valence-corrected chi connectivity index (χ2v) is 10.9. The first-order valence-corrected chi connectivity index (χ1v) is 12.7. The number of alkyl halides is 4. The zero-order chi connectivity index (χ0) is 24.8. The molecule has 1 aromatic heterocycles. The third-order valence-electron chi connectivity index (χ3n) is 3.65. The quantitative estimate of drug-likeness (QED) is 0.177. The van der Waals surface area contributed by atoms with Crippen molar-refractivity contribution in [2.75, 3.05) is 12.3 Å². The predicted octanol–water partition coefficient (Wildman–Crippen LogP) is 2.10. The number of halogens is 4. The third-order valence-corrected chi connectivity index (χ3v) is 7.76. The summed E-state index contributed by atoms with van der Waals surface area (Å²) in [5.41, 5.74) is 1.27. The van der Waals surface area contributed by atoms with Crippen LogP contribution in [0.4, 0.5) is 23.4 Å². The first-order chi connectivity index (χ1) is 14.2. The van der Waals surface area contributed by atoms with Crippen molar-refractivity contribution in [1.82, 2.24) is 9.55 Å². The van der Waals surface area contributed by atoms with Gasteiger partial charge in [-0.2, -0.15) is 21.8 Å². The van der Waals surface area contributed by atoms with E-state index in [0.29, 0.717) is 4.57 Å². The Morgan fingerprint density at radius 1 is 1.25 bits per heavy atom. The van der Waals surface area contributed by atoms with Crippen LogP contribution in [0, 0.1) is 4.77 Å². The molecule has 1 aliphatic heterocycles. The Bertz CT molecular complexity index is 1070. The first kappa shape index (κ1) is 27.4. The Morgan fingerprint density at radius 2 is 1.84 bits per heavy atom. The van der Waals surface area contributed by atoms with Gasteiger partial charge in [0, 0.05) is 12.6 Å². The first-order valence-electron chi connectivity index (χ1n) is 7.79. The summed E-state index contributed by atoms with van der Waals surface area (Å²) in [6.45, 7) is -1.29. The maximum absolute atomic E-state index is 15.0. The number of rotatable bonds is 8. The van der Waals surface area contributed by atoms with Crippen LogP contribution in [0.15, 0.2) is 12.3 Å². The van der Waals surface area contributed by atoms with Crippen LogP contribution in [0.25, 0.3) is 0 Å². The van der Waals surface area contributed by atoms with E-state index in [1.54, 1.807) is 0 Å². The second-order valence-electron chi connectivity index (χ2n) is 6.10. The lowest BCUT2D eigenvalue weighted by Crippen LogP contribution is -2.45. The Labute approximate surface area is 180 Å². The van der Waals surface area contributed by atoms with Crippen LogP contribution < -0.4 is 5.73 Å². The molecule has 0 spiro atoms. The van der Waals surface area contributed by atoms with Crippen LogP contribution in [-0.2, 0) is 31.6 Å². The zero-order valence-electron chi connectivity index (χ0n) is 15.1. The van der Waals surface area contributed by atoms with Gasteiger partial charge in [0.2, 0.25) is 4.77 Å². The van der Waals surface area contributed by atoms with Gasteiger partial charge in [-0.3, -0.25) is 9.09 Å². The van der Waals surface area contributed by atoms with E-state index in [2.05, 4.69) is 18.1 Å². The molecule has 2 heterocycles. The maximum atomic E-state index is 15.0. The van der Waals surface area contributed by atoms with Gasteiger partial charge in [-0.1, -0.05) is 0 Å².